The second-order valence-corrected chi connectivity index (χ2v) is 10.6. The number of hydrogen-bond donors (Lipinski definition) is 2. The summed E-state index contributed by atoms with van der Waals surface area (Å²) in [7, 11) is 1.74. The van der Waals surface area contributed by atoms with Crippen LogP contribution in [0.25, 0.3) is 0 Å². The number of piperidine rings is 1. The van der Waals surface area contributed by atoms with Crippen LogP contribution in [0.2, 0.25) is 0 Å². The predicted octanol–water partition coefficient (Wildman–Crippen LogP) is 2.77. The van der Waals surface area contributed by atoms with E-state index in [-0.39, 0.29) is 22.8 Å². The highest BCUT2D eigenvalue weighted by Crippen LogP contribution is 2.52. The SMILES string of the molecule is COC1(CC(=O)N2CCC3(CC2)CC(C(=O)N2CCCC2)c2ccccc23)CCC1.O=C(O)C(=O)O. The van der Waals surface area contributed by atoms with Gasteiger partial charge in [0.15, 0.2) is 0 Å². The Bertz CT molecular complexity index is 988. The maximum absolute atomic E-state index is 13.3. The molecule has 1 saturated carbocycles. The average molecular weight is 501 g/mol. The zero-order chi connectivity index (χ0) is 25.9. The van der Waals surface area contributed by atoms with Gasteiger partial charge in [0.25, 0.3) is 0 Å². The molecule has 1 aromatic rings. The van der Waals surface area contributed by atoms with E-state index in [0.29, 0.717) is 12.3 Å². The van der Waals surface area contributed by atoms with Gasteiger partial charge in [-0.05, 0) is 62.5 Å². The summed E-state index contributed by atoms with van der Waals surface area (Å²) in [6.07, 6.45) is 8.76. The van der Waals surface area contributed by atoms with Crippen molar-refractivity contribution >= 4 is 23.8 Å². The minimum absolute atomic E-state index is 0.00621. The van der Waals surface area contributed by atoms with Crippen molar-refractivity contribution in [1.29, 1.82) is 0 Å². The quantitative estimate of drug-likeness (QED) is 0.609. The lowest BCUT2D eigenvalue weighted by Gasteiger charge is -2.44. The Morgan fingerprint density at radius 2 is 1.50 bits per heavy atom. The van der Waals surface area contributed by atoms with Crippen molar-refractivity contribution in [3.05, 3.63) is 35.4 Å². The molecule has 2 aliphatic carbocycles. The third-order valence-electron chi connectivity index (χ3n) is 8.65. The molecule has 0 radical (unpaired) electrons. The lowest BCUT2D eigenvalue weighted by Crippen LogP contribution is -2.49. The number of carboxylic acids is 2. The van der Waals surface area contributed by atoms with Crippen LogP contribution in [0.4, 0.5) is 0 Å². The summed E-state index contributed by atoms with van der Waals surface area (Å²) >= 11 is 0. The number of benzene rings is 1. The third kappa shape index (κ3) is 5.12. The molecule has 1 unspecified atom stereocenters. The molecule has 0 bridgehead atoms. The molecular weight excluding hydrogens is 464 g/mol. The summed E-state index contributed by atoms with van der Waals surface area (Å²) in [6, 6.07) is 8.58. The molecular formula is C27H36N2O7. The van der Waals surface area contributed by atoms with E-state index in [4.69, 9.17) is 24.5 Å². The van der Waals surface area contributed by atoms with E-state index in [0.717, 1.165) is 77.5 Å². The van der Waals surface area contributed by atoms with E-state index in [1.807, 2.05) is 4.90 Å². The molecule has 9 heteroatoms. The van der Waals surface area contributed by atoms with Crippen LogP contribution in [0.1, 0.15) is 74.8 Å². The van der Waals surface area contributed by atoms with Gasteiger partial charge in [0.05, 0.1) is 17.9 Å². The number of hydrogen-bond acceptors (Lipinski definition) is 5. The van der Waals surface area contributed by atoms with Crippen LogP contribution < -0.4 is 0 Å². The monoisotopic (exact) mass is 500 g/mol. The van der Waals surface area contributed by atoms with Crippen LogP contribution in [0.15, 0.2) is 24.3 Å². The number of carbonyl (C=O) groups excluding carboxylic acids is 2. The molecule has 5 rings (SSSR count). The maximum Gasteiger partial charge on any atom is 0.414 e. The van der Waals surface area contributed by atoms with Crippen molar-refractivity contribution in [3.63, 3.8) is 0 Å². The lowest BCUT2D eigenvalue weighted by atomic mass is 9.72. The molecule has 1 atom stereocenters. The van der Waals surface area contributed by atoms with Gasteiger partial charge >= 0.3 is 11.9 Å². The summed E-state index contributed by atoms with van der Waals surface area (Å²) in [4.78, 5) is 48.5. The van der Waals surface area contributed by atoms with Crippen LogP contribution in [0, 0.1) is 0 Å². The average Bonchev–Trinajstić information content (AvgIpc) is 3.50. The molecule has 2 aliphatic heterocycles. The highest BCUT2D eigenvalue weighted by Gasteiger charge is 2.49. The van der Waals surface area contributed by atoms with Gasteiger partial charge < -0.3 is 24.7 Å². The van der Waals surface area contributed by atoms with E-state index in [2.05, 4.69) is 29.2 Å². The highest BCUT2D eigenvalue weighted by atomic mass is 16.5. The molecule has 9 nitrogen and oxygen atoms in total. The van der Waals surface area contributed by atoms with Crippen LogP contribution in [-0.2, 0) is 29.3 Å². The summed E-state index contributed by atoms with van der Waals surface area (Å²) in [5.74, 6) is -3.09. The molecule has 1 spiro atoms. The van der Waals surface area contributed by atoms with E-state index in [1.165, 1.54) is 11.1 Å². The summed E-state index contributed by atoms with van der Waals surface area (Å²) in [5.41, 5.74) is 2.44. The smallest absolute Gasteiger partial charge is 0.414 e. The van der Waals surface area contributed by atoms with Gasteiger partial charge in [-0.15, -0.1) is 0 Å². The predicted molar refractivity (Wildman–Crippen MR) is 131 cm³/mol. The molecule has 2 amide bonds. The first-order valence-corrected chi connectivity index (χ1v) is 12.9. The normalized spacial score (nSPS) is 23.3. The zero-order valence-corrected chi connectivity index (χ0v) is 20.9. The van der Waals surface area contributed by atoms with E-state index in [1.54, 1.807) is 7.11 Å². The molecule has 2 saturated heterocycles. The number of aliphatic carboxylic acids is 2. The van der Waals surface area contributed by atoms with Crippen molar-refractivity contribution < 1.29 is 34.1 Å². The van der Waals surface area contributed by atoms with Crippen LogP contribution >= 0.6 is 0 Å². The van der Waals surface area contributed by atoms with E-state index in [9.17, 15) is 9.59 Å². The van der Waals surface area contributed by atoms with Crippen molar-refractivity contribution in [2.24, 2.45) is 0 Å². The molecule has 4 aliphatic rings. The van der Waals surface area contributed by atoms with Gasteiger partial charge in [0.1, 0.15) is 0 Å². The van der Waals surface area contributed by atoms with Crippen LogP contribution in [0.3, 0.4) is 0 Å². The minimum Gasteiger partial charge on any atom is -0.473 e. The number of carbonyl (C=O) groups is 4. The summed E-state index contributed by atoms with van der Waals surface area (Å²) in [6.45, 7) is 3.40. The van der Waals surface area contributed by atoms with Crippen LogP contribution in [0.5, 0.6) is 0 Å². The van der Waals surface area contributed by atoms with Gasteiger partial charge in [0.2, 0.25) is 11.8 Å². The number of carboxylic acid groups (broad SMARTS) is 2. The standard InChI is InChI=1S/C25H34N2O3.C2H2O4/c1-30-25(9-6-10-25)18-22(28)26-15-11-24(12-16-26)17-20(19-7-2-3-8-21(19)24)23(29)27-13-4-5-14-27;3-1(4)2(5)6/h2-3,7-8,20H,4-6,9-18H2,1H3;(H,3,4)(H,5,6). The Hall–Kier alpha value is -2.94. The third-order valence-corrected chi connectivity index (χ3v) is 8.65. The molecule has 196 valence electrons. The van der Waals surface area contributed by atoms with Gasteiger partial charge in [-0.2, -0.15) is 0 Å². The number of ether oxygens (including phenoxy) is 1. The first-order chi connectivity index (χ1) is 17.2. The summed E-state index contributed by atoms with van der Waals surface area (Å²) in [5, 5.41) is 14.8. The fourth-order valence-electron chi connectivity index (χ4n) is 6.34. The first-order valence-electron chi connectivity index (χ1n) is 12.9. The van der Waals surface area contributed by atoms with Crippen LogP contribution in [-0.4, -0.2) is 82.7 Å². The minimum atomic E-state index is -1.82. The van der Waals surface area contributed by atoms with E-state index >= 15 is 0 Å². The molecule has 0 aromatic heterocycles. The fourth-order valence-corrected chi connectivity index (χ4v) is 6.34. The van der Waals surface area contributed by atoms with Gasteiger partial charge in [0, 0.05) is 38.7 Å². The Morgan fingerprint density at radius 1 is 0.889 bits per heavy atom. The Balaban J connectivity index is 0.000000455. The van der Waals surface area contributed by atoms with Crippen molar-refractivity contribution in [2.45, 2.75) is 74.7 Å². The molecule has 2 heterocycles. The Labute approximate surface area is 211 Å². The highest BCUT2D eigenvalue weighted by molar-refractivity contribution is 6.27. The first kappa shape index (κ1) is 26.1. The number of likely N-dealkylation sites (tertiary alicyclic amines) is 2. The van der Waals surface area contributed by atoms with Crippen molar-refractivity contribution in [3.8, 4) is 0 Å². The topological polar surface area (TPSA) is 124 Å². The Morgan fingerprint density at radius 3 is 2.03 bits per heavy atom. The maximum atomic E-state index is 13.3. The fraction of sp³-hybridized carbons (Fsp3) is 0.630. The second-order valence-electron chi connectivity index (χ2n) is 10.6. The number of rotatable bonds is 4. The second kappa shape index (κ2) is 10.6. The largest absolute Gasteiger partial charge is 0.473 e. The Kier molecular flexibility index (Phi) is 7.68. The van der Waals surface area contributed by atoms with Gasteiger partial charge in [-0.3, -0.25) is 9.59 Å². The molecule has 1 aromatic carbocycles. The summed E-state index contributed by atoms with van der Waals surface area (Å²) < 4.78 is 5.67. The van der Waals surface area contributed by atoms with Crippen molar-refractivity contribution in [1.82, 2.24) is 9.80 Å². The number of methoxy groups -OCH3 is 1. The van der Waals surface area contributed by atoms with Gasteiger partial charge in [-0.25, -0.2) is 9.59 Å². The molecule has 3 fully saturated rings. The number of nitrogens with zero attached hydrogens (tertiary/aromatic N) is 2. The lowest BCUT2D eigenvalue weighted by molar-refractivity contribution is -0.159. The number of fused-ring (bicyclic) bond motifs is 2. The van der Waals surface area contributed by atoms with Gasteiger partial charge in [-0.1, -0.05) is 24.3 Å². The number of amides is 2. The van der Waals surface area contributed by atoms with E-state index < -0.39 is 11.9 Å². The zero-order valence-electron chi connectivity index (χ0n) is 20.9. The van der Waals surface area contributed by atoms with Crippen molar-refractivity contribution in [2.75, 3.05) is 33.3 Å². The molecule has 2 N–H and O–H groups in total. The molecule has 36 heavy (non-hydrogen) atoms.